The van der Waals surface area contributed by atoms with E-state index in [-0.39, 0.29) is 12.3 Å². The Morgan fingerprint density at radius 1 is 1.14 bits per heavy atom. The average Bonchev–Trinajstić information content (AvgIpc) is 2.23. The summed E-state index contributed by atoms with van der Waals surface area (Å²) in [7, 11) is 0. The second-order valence-corrected chi connectivity index (χ2v) is 5.26. The summed E-state index contributed by atoms with van der Waals surface area (Å²) in [6, 6.07) is 0. The molecule has 6 nitrogen and oxygen atoms in total. The van der Waals surface area contributed by atoms with Crippen LogP contribution >= 0.6 is 0 Å². The fourth-order valence-corrected chi connectivity index (χ4v) is 1.48. The minimum absolute atomic E-state index is 0.240. The normalized spacial score (nSPS) is 14.4. The van der Waals surface area contributed by atoms with Crippen molar-refractivity contribution in [3.63, 3.8) is 0 Å². The van der Waals surface area contributed by atoms with Crippen LogP contribution in [-0.2, 0) is 14.4 Å². The van der Waals surface area contributed by atoms with Crippen LogP contribution in [0.4, 0.5) is 13.2 Å². The number of aliphatic carboxylic acids is 1. The third kappa shape index (κ3) is 8.16. The van der Waals surface area contributed by atoms with Crippen molar-refractivity contribution >= 4 is 17.8 Å². The summed E-state index contributed by atoms with van der Waals surface area (Å²) in [5.74, 6) is -3.28. The molecule has 2 amide bonds. The zero-order valence-electron chi connectivity index (χ0n) is 12.0. The number of carbonyl (C=O) groups excluding carboxylic acids is 2. The summed E-state index contributed by atoms with van der Waals surface area (Å²) < 4.78 is 35.7. The van der Waals surface area contributed by atoms with Gasteiger partial charge >= 0.3 is 12.1 Å². The van der Waals surface area contributed by atoms with Crippen LogP contribution in [0.2, 0.25) is 0 Å². The number of carboxylic acids is 1. The number of rotatable bonds is 7. The van der Waals surface area contributed by atoms with Crippen molar-refractivity contribution in [1.29, 1.82) is 0 Å². The van der Waals surface area contributed by atoms with Crippen LogP contribution in [0.25, 0.3) is 0 Å². The second-order valence-electron chi connectivity index (χ2n) is 5.26. The van der Waals surface area contributed by atoms with E-state index in [9.17, 15) is 27.6 Å². The quantitative estimate of drug-likeness (QED) is 0.613. The average molecular weight is 312 g/mol. The highest BCUT2D eigenvalue weighted by Gasteiger charge is 2.33. The lowest BCUT2D eigenvalue weighted by Crippen LogP contribution is -2.52. The molecule has 21 heavy (non-hydrogen) atoms. The predicted octanol–water partition coefficient (Wildman–Crippen LogP) is 1.06. The van der Waals surface area contributed by atoms with Gasteiger partial charge in [-0.1, -0.05) is 13.8 Å². The molecule has 0 aromatic rings. The molecule has 0 radical (unpaired) electrons. The first-order valence-corrected chi connectivity index (χ1v) is 6.22. The van der Waals surface area contributed by atoms with Crippen molar-refractivity contribution in [3.8, 4) is 0 Å². The fourth-order valence-electron chi connectivity index (χ4n) is 1.48. The van der Waals surface area contributed by atoms with Gasteiger partial charge in [0.25, 0.3) is 0 Å². The molecule has 1 atom stereocenters. The van der Waals surface area contributed by atoms with Crippen LogP contribution in [0, 0.1) is 5.92 Å². The second kappa shape index (κ2) is 7.28. The highest BCUT2D eigenvalue weighted by molar-refractivity contribution is 5.97. The highest BCUT2D eigenvalue weighted by atomic mass is 19.4. The largest absolute Gasteiger partial charge is 0.481 e. The maximum absolute atomic E-state index is 11.9. The molecule has 0 saturated carbocycles. The van der Waals surface area contributed by atoms with E-state index in [1.165, 1.54) is 6.92 Å². The first-order chi connectivity index (χ1) is 9.35. The SMILES string of the molecule is CC(C)C(C)(CC(=O)O)NC(=O)CC(=O)NCC(F)(F)F. The van der Waals surface area contributed by atoms with Crippen LogP contribution in [0.5, 0.6) is 0 Å². The van der Waals surface area contributed by atoms with Crippen molar-refractivity contribution in [2.75, 3.05) is 6.54 Å². The van der Waals surface area contributed by atoms with Crippen LogP contribution < -0.4 is 10.6 Å². The number of hydrogen-bond acceptors (Lipinski definition) is 3. The van der Waals surface area contributed by atoms with Crippen molar-refractivity contribution in [2.24, 2.45) is 5.92 Å². The van der Waals surface area contributed by atoms with E-state index in [0.717, 1.165) is 0 Å². The molecule has 0 aliphatic rings. The maximum Gasteiger partial charge on any atom is 0.405 e. The number of carbonyl (C=O) groups is 3. The molecule has 0 aromatic carbocycles. The van der Waals surface area contributed by atoms with Crippen molar-refractivity contribution in [2.45, 2.75) is 45.3 Å². The third-order valence-corrected chi connectivity index (χ3v) is 3.02. The molecule has 122 valence electrons. The molecule has 0 aliphatic carbocycles. The lowest BCUT2D eigenvalue weighted by atomic mass is 9.85. The molecule has 0 aliphatic heterocycles. The Morgan fingerprint density at radius 2 is 1.67 bits per heavy atom. The van der Waals surface area contributed by atoms with Gasteiger partial charge in [0.2, 0.25) is 11.8 Å². The van der Waals surface area contributed by atoms with Gasteiger partial charge in [-0.25, -0.2) is 0 Å². The number of alkyl halides is 3. The van der Waals surface area contributed by atoms with E-state index in [2.05, 4.69) is 5.32 Å². The standard InChI is InChI=1S/C12H19F3N2O4/c1-7(2)11(3,5-10(20)21)17-9(19)4-8(18)16-6-12(13,14)15/h7H,4-6H2,1-3H3,(H,16,18)(H,17,19)(H,20,21). The van der Waals surface area contributed by atoms with Gasteiger partial charge in [0.15, 0.2) is 0 Å². The van der Waals surface area contributed by atoms with Crippen LogP contribution in [0.3, 0.4) is 0 Å². The van der Waals surface area contributed by atoms with Gasteiger partial charge in [-0.05, 0) is 12.8 Å². The van der Waals surface area contributed by atoms with Gasteiger partial charge in [-0.2, -0.15) is 13.2 Å². The lowest BCUT2D eigenvalue weighted by Gasteiger charge is -2.33. The molecule has 0 bridgehead atoms. The Bertz CT molecular complexity index is 410. The Labute approximate surface area is 120 Å². The summed E-state index contributed by atoms with van der Waals surface area (Å²) in [6.07, 6.45) is -5.71. The summed E-state index contributed by atoms with van der Waals surface area (Å²) in [4.78, 5) is 33.6. The number of nitrogens with one attached hydrogen (secondary N) is 2. The van der Waals surface area contributed by atoms with Gasteiger partial charge in [0.1, 0.15) is 13.0 Å². The molecular formula is C12H19F3N2O4. The first-order valence-electron chi connectivity index (χ1n) is 6.22. The highest BCUT2D eigenvalue weighted by Crippen LogP contribution is 2.21. The maximum atomic E-state index is 11.9. The van der Waals surface area contributed by atoms with Crippen LogP contribution in [-0.4, -0.2) is 41.2 Å². The molecule has 3 N–H and O–H groups in total. The lowest BCUT2D eigenvalue weighted by molar-refractivity contribution is -0.142. The van der Waals surface area contributed by atoms with E-state index >= 15 is 0 Å². The number of hydrogen-bond donors (Lipinski definition) is 3. The van der Waals surface area contributed by atoms with E-state index in [1.54, 1.807) is 19.2 Å². The zero-order chi connectivity index (χ0) is 16.8. The van der Waals surface area contributed by atoms with Crippen LogP contribution in [0.15, 0.2) is 0 Å². The summed E-state index contributed by atoms with van der Waals surface area (Å²) in [5, 5.41) is 12.8. The summed E-state index contributed by atoms with van der Waals surface area (Å²) in [5.41, 5.74) is -1.09. The smallest absolute Gasteiger partial charge is 0.405 e. The van der Waals surface area contributed by atoms with E-state index in [0.29, 0.717) is 0 Å². The number of amides is 2. The Kier molecular flexibility index (Phi) is 6.65. The molecular weight excluding hydrogens is 293 g/mol. The van der Waals surface area contributed by atoms with Gasteiger partial charge in [0, 0.05) is 5.54 Å². The van der Waals surface area contributed by atoms with Gasteiger partial charge in [-0.3, -0.25) is 14.4 Å². The molecule has 9 heteroatoms. The Morgan fingerprint density at radius 3 is 2.05 bits per heavy atom. The monoisotopic (exact) mass is 312 g/mol. The minimum atomic E-state index is -4.55. The molecule has 0 aromatic heterocycles. The molecule has 1 unspecified atom stereocenters. The molecule has 0 spiro atoms. The molecule has 0 saturated heterocycles. The van der Waals surface area contributed by atoms with Crippen molar-refractivity contribution < 1.29 is 32.7 Å². The topological polar surface area (TPSA) is 95.5 Å². The Hall–Kier alpha value is -1.80. The molecule has 0 fully saturated rings. The van der Waals surface area contributed by atoms with E-state index in [4.69, 9.17) is 5.11 Å². The predicted molar refractivity (Wildman–Crippen MR) is 67.3 cm³/mol. The fraction of sp³-hybridized carbons (Fsp3) is 0.750. The van der Waals surface area contributed by atoms with E-state index in [1.807, 2.05) is 0 Å². The minimum Gasteiger partial charge on any atom is -0.481 e. The Balaban J connectivity index is 4.52. The van der Waals surface area contributed by atoms with E-state index < -0.39 is 42.5 Å². The van der Waals surface area contributed by atoms with Crippen molar-refractivity contribution in [1.82, 2.24) is 10.6 Å². The van der Waals surface area contributed by atoms with Crippen molar-refractivity contribution in [3.05, 3.63) is 0 Å². The van der Waals surface area contributed by atoms with Gasteiger partial charge in [0.05, 0.1) is 6.42 Å². The molecule has 0 rings (SSSR count). The summed E-state index contributed by atoms with van der Waals surface area (Å²) in [6.45, 7) is 3.35. The first kappa shape index (κ1) is 19.2. The number of halogens is 3. The molecule has 0 heterocycles. The zero-order valence-corrected chi connectivity index (χ0v) is 12.0. The number of carboxylic acid groups (broad SMARTS) is 1. The van der Waals surface area contributed by atoms with Gasteiger partial charge in [-0.15, -0.1) is 0 Å². The summed E-state index contributed by atoms with van der Waals surface area (Å²) >= 11 is 0. The van der Waals surface area contributed by atoms with Gasteiger partial charge < -0.3 is 15.7 Å². The van der Waals surface area contributed by atoms with Crippen LogP contribution in [0.1, 0.15) is 33.6 Å². The third-order valence-electron chi connectivity index (χ3n) is 3.02.